The lowest BCUT2D eigenvalue weighted by Gasteiger charge is -2.26. The maximum atomic E-state index is 12.2. The lowest BCUT2D eigenvalue weighted by molar-refractivity contribution is -0.118. The van der Waals surface area contributed by atoms with Gasteiger partial charge in [0.2, 0.25) is 5.91 Å². The van der Waals surface area contributed by atoms with Crippen molar-refractivity contribution < 1.29 is 9.21 Å². The van der Waals surface area contributed by atoms with Crippen LogP contribution in [0.25, 0.3) is 11.3 Å². The Labute approximate surface area is 237 Å². The molecule has 0 saturated carbocycles. The van der Waals surface area contributed by atoms with Crippen LogP contribution in [0.5, 0.6) is 0 Å². The van der Waals surface area contributed by atoms with Crippen molar-refractivity contribution >= 4 is 57.8 Å². The molecule has 6 nitrogen and oxygen atoms in total. The molecule has 2 aromatic carbocycles. The van der Waals surface area contributed by atoms with E-state index in [0.717, 1.165) is 22.5 Å². The summed E-state index contributed by atoms with van der Waals surface area (Å²) in [5.41, 5.74) is 4.11. The van der Waals surface area contributed by atoms with Crippen molar-refractivity contribution in [2.24, 2.45) is 5.92 Å². The second kappa shape index (κ2) is 10.8. The van der Waals surface area contributed by atoms with E-state index in [2.05, 4.69) is 15.6 Å². The monoisotopic (exact) mass is 564 g/mol. The summed E-state index contributed by atoms with van der Waals surface area (Å²) in [4.78, 5) is 18.8. The number of furan rings is 1. The molecule has 0 spiro atoms. The summed E-state index contributed by atoms with van der Waals surface area (Å²) in [7, 11) is 0. The number of aryl methyl sites for hydroxylation is 1. The quantitative estimate of drug-likeness (QED) is 0.233. The van der Waals surface area contributed by atoms with E-state index in [1.807, 2.05) is 80.3 Å². The van der Waals surface area contributed by atoms with Crippen LogP contribution < -0.4 is 15.5 Å². The van der Waals surface area contributed by atoms with Crippen LogP contribution in [-0.4, -0.2) is 16.0 Å². The van der Waals surface area contributed by atoms with Gasteiger partial charge in [-0.15, -0.1) is 0 Å². The van der Waals surface area contributed by atoms with Gasteiger partial charge in [-0.3, -0.25) is 9.78 Å². The molecule has 2 N–H and O–H groups in total. The second-order valence-corrected chi connectivity index (χ2v) is 10.7. The minimum atomic E-state index is -0.349. The Morgan fingerprint density at radius 3 is 2.63 bits per heavy atom. The zero-order valence-corrected chi connectivity index (χ0v) is 23.4. The number of thiocarbonyl (C=S) groups is 1. The van der Waals surface area contributed by atoms with E-state index in [0.29, 0.717) is 32.4 Å². The Balaban J connectivity index is 1.56. The first kappa shape index (κ1) is 26.2. The molecule has 0 unspecified atom stereocenters. The first-order valence-corrected chi connectivity index (χ1v) is 13.4. The molecule has 1 saturated heterocycles. The smallest absolute Gasteiger partial charge is 0.226 e. The summed E-state index contributed by atoms with van der Waals surface area (Å²) < 4.78 is 6.46. The number of hydrogen-bond acceptors (Lipinski definition) is 4. The molecular weight excluding hydrogens is 539 g/mol. The molecule has 9 heteroatoms. The number of rotatable bonds is 6. The van der Waals surface area contributed by atoms with Crippen molar-refractivity contribution in [1.29, 1.82) is 0 Å². The number of pyridine rings is 1. The summed E-state index contributed by atoms with van der Waals surface area (Å²) in [5, 5.41) is 7.85. The normalized spacial score (nSPS) is 17.1. The summed E-state index contributed by atoms with van der Waals surface area (Å²) in [6.07, 6.45) is 1.76. The van der Waals surface area contributed by atoms with Crippen LogP contribution in [0.3, 0.4) is 0 Å². The Hall–Kier alpha value is -3.39. The minimum absolute atomic E-state index is 0.106. The molecule has 4 aromatic rings. The number of nitrogens with zero attached hydrogens (tertiary/aromatic N) is 2. The zero-order valence-electron chi connectivity index (χ0n) is 21.0. The fraction of sp³-hybridized carbons (Fsp3) is 0.207. The Kier molecular flexibility index (Phi) is 7.43. The molecule has 5 rings (SSSR count). The topological polar surface area (TPSA) is 70.4 Å². The van der Waals surface area contributed by atoms with Crippen LogP contribution in [0, 0.1) is 12.8 Å². The van der Waals surface area contributed by atoms with Gasteiger partial charge in [0.05, 0.1) is 22.4 Å². The molecule has 1 aliphatic heterocycles. The van der Waals surface area contributed by atoms with Gasteiger partial charge in [0, 0.05) is 28.4 Å². The third kappa shape index (κ3) is 5.14. The van der Waals surface area contributed by atoms with Gasteiger partial charge in [0.25, 0.3) is 0 Å². The van der Waals surface area contributed by atoms with E-state index in [4.69, 9.17) is 39.8 Å². The predicted octanol–water partition coefficient (Wildman–Crippen LogP) is 7.73. The van der Waals surface area contributed by atoms with E-state index in [-0.39, 0.29) is 23.9 Å². The highest BCUT2D eigenvalue weighted by atomic mass is 35.5. The van der Waals surface area contributed by atoms with E-state index >= 15 is 0 Å². The van der Waals surface area contributed by atoms with Gasteiger partial charge < -0.3 is 20.0 Å². The van der Waals surface area contributed by atoms with Crippen molar-refractivity contribution in [2.75, 3.05) is 10.2 Å². The lowest BCUT2D eigenvalue weighted by Crippen LogP contribution is -2.29. The van der Waals surface area contributed by atoms with E-state index < -0.39 is 0 Å². The Bertz CT molecular complexity index is 1510. The van der Waals surface area contributed by atoms with Gasteiger partial charge in [-0.2, -0.15) is 0 Å². The van der Waals surface area contributed by atoms with E-state index in [1.165, 1.54) is 0 Å². The maximum Gasteiger partial charge on any atom is 0.226 e. The highest BCUT2D eigenvalue weighted by molar-refractivity contribution is 7.80. The summed E-state index contributed by atoms with van der Waals surface area (Å²) in [6.45, 7) is 5.68. The molecule has 0 radical (unpaired) electrons. The molecule has 0 bridgehead atoms. The third-order valence-corrected chi connectivity index (χ3v) is 7.36. The molecule has 1 aliphatic rings. The van der Waals surface area contributed by atoms with Crippen LogP contribution >= 0.6 is 35.4 Å². The van der Waals surface area contributed by atoms with Crippen LogP contribution in [0.4, 0.5) is 11.4 Å². The van der Waals surface area contributed by atoms with Gasteiger partial charge in [-0.05, 0) is 79.3 Å². The van der Waals surface area contributed by atoms with Crippen molar-refractivity contribution in [3.63, 3.8) is 0 Å². The van der Waals surface area contributed by atoms with Crippen molar-refractivity contribution in [3.8, 4) is 11.3 Å². The van der Waals surface area contributed by atoms with Crippen LogP contribution in [-0.2, 0) is 4.79 Å². The van der Waals surface area contributed by atoms with Crippen molar-refractivity contribution in [3.05, 3.63) is 100.0 Å². The average Bonchev–Trinajstić information content (AvgIpc) is 3.51. The number of amides is 1. The van der Waals surface area contributed by atoms with Gasteiger partial charge >= 0.3 is 0 Å². The number of carbonyl (C=O) groups excluding carboxylic acids is 1. The molecule has 3 heterocycles. The summed E-state index contributed by atoms with van der Waals surface area (Å²) in [5.74, 6) is 1.14. The first-order valence-electron chi connectivity index (χ1n) is 12.2. The molecule has 2 atom stereocenters. The third-order valence-electron chi connectivity index (χ3n) is 6.49. The molecule has 194 valence electrons. The minimum Gasteiger partial charge on any atom is -0.459 e. The predicted molar refractivity (Wildman–Crippen MR) is 157 cm³/mol. The fourth-order valence-corrected chi connectivity index (χ4v) is 5.21. The van der Waals surface area contributed by atoms with Gasteiger partial charge in [-0.25, -0.2) is 0 Å². The number of aromatic nitrogens is 1. The lowest BCUT2D eigenvalue weighted by atomic mass is 10.0. The largest absolute Gasteiger partial charge is 0.459 e. The van der Waals surface area contributed by atoms with Gasteiger partial charge in [0.1, 0.15) is 17.6 Å². The zero-order chi connectivity index (χ0) is 27.0. The first-order chi connectivity index (χ1) is 18.2. The van der Waals surface area contributed by atoms with Crippen molar-refractivity contribution in [1.82, 2.24) is 10.3 Å². The van der Waals surface area contributed by atoms with E-state index in [1.54, 1.807) is 18.3 Å². The highest BCUT2D eigenvalue weighted by Gasteiger charge is 2.42. The standard InChI is InChI=1S/C29H26Cl2N4O2S/c1-16(2)28(36)33-22-10-9-19(15-21(22)31)35-27(26(34-29(35)38)23-6-4-5-13-32-23)25-12-11-24(37-25)20-14-18(30)8-7-17(20)3/h4-16,26-27H,1-3H3,(H,33,36)(H,34,38)/t26-,27+/m1/s1. The SMILES string of the molecule is Cc1ccc(Cl)cc1-c1ccc([C@H]2[C@@H](c3ccccn3)NC(=S)N2c2ccc(NC(=O)C(C)C)c(Cl)c2)o1. The highest BCUT2D eigenvalue weighted by Crippen LogP contribution is 2.44. The molecule has 0 aliphatic carbocycles. The molecule has 1 fully saturated rings. The Morgan fingerprint density at radius 2 is 1.92 bits per heavy atom. The van der Waals surface area contributed by atoms with Crippen LogP contribution in [0.15, 0.2) is 77.3 Å². The molecule has 38 heavy (non-hydrogen) atoms. The van der Waals surface area contributed by atoms with Crippen LogP contribution in [0.2, 0.25) is 10.0 Å². The summed E-state index contributed by atoms with van der Waals surface area (Å²) in [6, 6.07) is 20.2. The van der Waals surface area contributed by atoms with Crippen LogP contribution in [0.1, 0.15) is 42.9 Å². The number of hydrogen-bond donors (Lipinski definition) is 2. The van der Waals surface area contributed by atoms with Gasteiger partial charge in [-0.1, -0.05) is 49.2 Å². The number of anilines is 2. The summed E-state index contributed by atoms with van der Waals surface area (Å²) >= 11 is 18.7. The molecule has 1 amide bonds. The fourth-order valence-electron chi connectivity index (χ4n) is 4.47. The number of benzene rings is 2. The van der Waals surface area contributed by atoms with Crippen molar-refractivity contribution in [2.45, 2.75) is 32.9 Å². The van der Waals surface area contributed by atoms with E-state index in [9.17, 15) is 4.79 Å². The average molecular weight is 566 g/mol. The second-order valence-electron chi connectivity index (χ2n) is 9.47. The molecular formula is C29H26Cl2N4O2S. The number of carbonyl (C=O) groups is 1. The number of halogens is 2. The maximum absolute atomic E-state index is 12.2. The van der Waals surface area contributed by atoms with Gasteiger partial charge in [0.15, 0.2) is 5.11 Å². The number of nitrogens with one attached hydrogen (secondary N) is 2. The Morgan fingerprint density at radius 1 is 1.11 bits per heavy atom. The molecule has 2 aromatic heterocycles.